The lowest BCUT2D eigenvalue weighted by Gasteiger charge is -2.08. The molecule has 0 saturated carbocycles. The molecule has 5 heteroatoms. The molecule has 0 fully saturated rings. The van der Waals surface area contributed by atoms with Gasteiger partial charge >= 0.3 is 0 Å². The second-order valence-corrected chi connectivity index (χ2v) is 5.43. The molecule has 1 amide bonds. The van der Waals surface area contributed by atoms with Gasteiger partial charge in [-0.15, -0.1) is 0 Å². The molecule has 5 nitrogen and oxygen atoms in total. The van der Waals surface area contributed by atoms with Crippen molar-refractivity contribution in [1.82, 2.24) is 10.3 Å². The van der Waals surface area contributed by atoms with Crippen molar-refractivity contribution >= 4 is 16.8 Å². The molecule has 1 aromatic heterocycles. The van der Waals surface area contributed by atoms with Gasteiger partial charge in [-0.3, -0.25) is 9.59 Å². The number of nitrogens with two attached hydrogens (primary N) is 1. The Labute approximate surface area is 129 Å². The molecule has 2 aromatic rings. The molecule has 0 radical (unpaired) electrons. The Morgan fingerprint density at radius 1 is 1.14 bits per heavy atom. The maximum absolute atomic E-state index is 11.8. The van der Waals surface area contributed by atoms with E-state index in [0.29, 0.717) is 19.5 Å². The van der Waals surface area contributed by atoms with Gasteiger partial charge in [0, 0.05) is 29.9 Å². The molecule has 0 bridgehead atoms. The molecule has 2 rings (SSSR count). The van der Waals surface area contributed by atoms with Gasteiger partial charge < -0.3 is 16.0 Å². The summed E-state index contributed by atoms with van der Waals surface area (Å²) in [5, 5.41) is 3.86. The van der Waals surface area contributed by atoms with Crippen LogP contribution in [0.1, 0.15) is 37.7 Å². The fourth-order valence-electron chi connectivity index (χ4n) is 2.49. The number of aromatic nitrogens is 1. The number of para-hydroxylation sites is 1. The zero-order valence-corrected chi connectivity index (χ0v) is 12.7. The average Bonchev–Trinajstić information content (AvgIpc) is 2.52. The minimum atomic E-state index is -0.148. The van der Waals surface area contributed by atoms with Gasteiger partial charge in [0.2, 0.25) is 11.5 Å². The van der Waals surface area contributed by atoms with Crippen molar-refractivity contribution in [3.8, 4) is 0 Å². The van der Waals surface area contributed by atoms with E-state index in [2.05, 4.69) is 10.3 Å². The lowest BCUT2D eigenvalue weighted by Crippen LogP contribution is -2.23. The van der Waals surface area contributed by atoms with Crippen LogP contribution in [-0.2, 0) is 11.3 Å². The van der Waals surface area contributed by atoms with Crippen LogP contribution in [0.5, 0.6) is 0 Å². The molecule has 1 aromatic carbocycles. The van der Waals surface area contributed by atoms with E-state index < -0.39 is 0 Å². The van der Waals surface area contributed by atoms with E-state index >= 15 is 0 Å². The van der Waals surface area contributed by atoms with E-state index in [0.717, 1.165) is 42.1 Å². The van der Waals surface area contributed by atoms with Crippen LogP contribution < -0.4 is 16.6 Å². The first-order valence-electron chi connectivity index (χ1n) is 7.78. The molecule has 118 valence electrons. The van der Waals surface area contributed by atoms with Gasteiger partial charge in [-0.25, -0.2) is 0 Å². The van der Waals surface area contributed by atoms with Crippen molar-refractivity contribution in [1.29, 1.82) is 0 Å². The monoisotopic (exact) mass is 301 g/mol. The van der Waals surface area contributed by atoms with Crippen LogP contribution in [0, 0.1) is 0 Å². The van der Waals surface area contributed by atoms with Gasteiger partial charge in [0.25, 0.3) is 0 Å². The van der Waals surface area contributed by atoms with E-state index in [1.807, 2.05) is 24.3 Å². The minimum Gasteiger partial charge on any atom is -0.352 e. The number of pyridine rings is 1. The van der Waals surface area contributed by atoms with Gasteiger partial charge in [-0.2, -0.15) is 0 Å². The minimum absolute atomic E-state index is 0.0251. The molecule has 4 N–H and O–H groups in total. The summed E-state index contributed by atoms with van der Waals surface area (Å²) >= 11 is 0. The summed E-state index contributed by atoms with van der Waals surface area (Å²) in [4.78, 5) is 26.3. The van der Waals surface area contributed by atoms with E-state index in [1.165, 1.54) is 0 Å². The van der Waals surface area contributed by atoms with Crippen molar-refractivity contribution in [3.63, 3.8) is 0 Å². The zero-order valence-electron chi connectivity index (χ0n) is 12.7. The zero-order chi connectivity index (χ0) is 15.8. The number of fused-ring (bicyclic) bond motifs is 1. The van der Waals surface area contributed by atoms with E-state index in [1.54, 1.807) is 6.07 Å². The highest BCUT2D eigenvalue weighted by Crippen LogP contribution is 2.14. The Kier molecular flexibility index (Phi) is 6.15. The summed E-state index contributed by atoms with van der Waals surface area (Å²) in [7, 11) is 0. The summed E-state index contributed by atoms with van der Waals surface area (Å²) in [6.07, 6.45) is 4.51. The van der Waals surface area contributed by atoms with Gasteiger partial charge in [-0.1, -0.05) is 31.0 Å². The molecular weight excluding hydrogens is 278 g/mol. The standard InChI is InChI=1S/C17H23N3O2/c18-10-6-2-1-3-9-16(21)19-12-13-11-17(22)20-15-8-5-4-7-14(13)15/h4-5,7-8,11H,1-3,6,9-10,12,18H2,(H,19,21)(H,20,22). The molecule has 22 heavy (non-hydrogen) atoms. The molecule has 0 atom stereocenters. The van der Waals surface area contributed by atoms with Gasteiger partial charge in [0.05, 0.1) is 0 Å². The van der Waals surface area contributed by atoms with E-state index in [9.17, 15) is 9.59 Å². The van der Waals surface area contributed by atoms with Crippen LogP contribution >= 0.6 is 0 Å². The summed E-state index contributed by atoms with van der Waals surface area (Å²) < 4.78 is 0. The topological polar surface area (TPSA) is 88.0 Å². The number of aromatic amines is 1. The first kappa shape index (κ1) is 16.2. The van der Waals surface area contributed by atoms with Gasteiger partial charge in [0.1, 0.15) is 0 Å². The van der Waals surface area contributed by atoms with Crippen molar-refractivity contribution in [2.75, 3.05) is 6.54 Å². The van der Waals surface area contributed by atoms with Crippen LogP contribution in [0.2, 0.25) is 0 Å². The van der Waals surface area contributed by atoms with Crippen LogP contribution in [0.3, 0.4) is 0 Å². The van der Waals surface area contributed by atoms with Crippen molar-refractivity contribution in [2.24, 2.45) is 5.73 Å². The summed E-state index contributed by atoms with van der Waals surface area (Å²) in [5.41, 5.74) is 6.92. The SMILES string of the molecule is NCCCCCCC(=O)NCc1cc(=O)[nH]c2ccccc12. The predicted octanol–water partition coefficient (Wildman–Crippen LogP) is 2.05. The third kappa shape index (κ3) is 4.70. The number of rotatable bonds is 8. The smallest absolute Gasteiger partial charge is 0.248 e. The molecule has 0 aliphatic rings. The maximum atomic E-state index is 11.8. The van der Waals surface area contributed by atoms with Crippen molar-refractivity contribution in [2.45, 2.75) is 38.6 Å². The Bertz CT molecular complexity index is 679. The van der Waals surface area contributed by atoms with Crippen LogP contribution in [0.25, 0.3) is 10.9 Å². The number of H-pyrrole nitrogens is 1. The molecule has 0 spiro atoms. The lowest BCUT2D eigenvalue weighted by molar-refractivity contribution is -0.121. The van der Waals surface area contributed by atoms with Gasteiger partial charge in [-0.05, 0) is 31.0 Å². The van der Waals surface area contributed by atoms with Crippen LogP contribution in [0.4, 0.5) is 0 Å². The molecule has 1 heterocycles. The molecule has 0 aliphatic carbocycles. The maximum Gasteiger partial charge on any atom is 0.248 e. The number of carbonyl (C=O) groups is 1. The number of amides is 1. The van der Waals surface area contributed by atoms with E-state index in [-0.39, 0.29) is 11.5 Å². The van der Waals surface area contributed by atoms with Crippen LogP contribution in [0.15, 0.2) is 35.1 Å². The normalized spacial score (nSPS) is 10.8. The number of benzene rings is 1. The second-order valence-electron chi connectivity index (χ2n) is 5.43. The Balaban J connectivity index is 1.89. The Morgan fingerprint density at radius 2 is 1.91 bits per heavy atom. The quantitative estimate of drug-likeness (QED) is 0.652. The number of hydrogen-bond acceptors (Lipinski definition) is 3. The summed E-state index contributed by atoms with van der Waals surface area (Å²) in [6, 6.07) is 9.15. The molecule has 0 unspecified atom stereocenters. The molecular formula is C17H23N3O2. The summed E-state index contributed by atoms with van der Waals surface area (Å²) in [5.74, 6) is 0.0251. The fraction of sp³-hybridized carbons (Fsp3) is 0.412. The van der Waals surface area contributed by atoms with Gasteiger partial charge in [0.15, 0.2) is 0 Å². The van der Waals surface area contributed by atoms with E-state index in [4.69, 9.17) is 5.73 Å². The van der Waals surface area contributed by atoms with Crippen molar-refractivity contribution < 1.29 is 4.79 Å². The number of nitrogens with one attached hydrogen (secondary N) is 2. The highest BCUT2D eigenvalue weighted by Gasteiger charge is 2.05. The largest absolute Gasteiger partial charge is 0.352 e. The van der Waals surface area contributed by atoms with Crippen LogP contribution in [-0.4, -0.2) is 17.4 Å². The predicted molar refractivity (Wildman–Crippen MR) is 88.6 cm³/mol. The first-order chi connectivity index (χ1) is 10.7. The highest BCUT2D eigenvalue weighted by molar-refractivity contribution is 5.82. The number of carbonyl (C=O) groups excluding carboxylic acids is 1. The summed E-state index contributed by atoms with van der Waals surface area (Å²) in [6.45, 7) is 1.09. The fourth-order valence-corrected chi connectivity index (χ4v) is 2.49. The number of hydrogen-bond donors (Lipinski definition) is 3. The highest BCUT2D eigenvalue weighted by atomic mass is 16.1. The Hall–Kier alpha value is -2.14. The van der Waals surface area contributed by atoms with Crippen molar-refractivity contribution in [3.05, 3.63) is 46.2 Å². The number of unbranched alkanes of at least 4 members (excludes halogenated alkanes) is 3. The first-order valence-corrected chi connectivity index (χ1v) is 7.78. The Morgan fingerprint density at radius 3 is 2.73 bits per heavy atom. The second kappa shape index (κ2) is 8.34. The average molecular weight is 301 g/mol. The third-order valence-corrected chi connectivity index (χ3v) is 3.67. The molecule has 0 aliphatic heterocycles. The molecule has 0 saturated heterocycles. The lowest BCUT2D eigenvalue weighted by atomic mass is 10.1. The third-order valence-electron chi connectivity index (χ3n) is 3.67.